The number of nitrogens with one attached hydrogen (secondary N) is 1. The van der Waals surface area contributed by atoms with Crippen molar-refractivity contribution in [2.75, 3.05) is 0 Å². The van der Waals surface area contributed by atoms with Gasteiger partial charge in [-0.1, -0.05) is 29.8 Å². The van der Waals surface area contributed by atoms with Gasteiger partial charge in [-0.2, -0.15) is 0 Å². The van der Waals surface area contributed by atoms with Gasteiger partial charge in [0.1, 0.15) is 5.70 Å². The van der Waals surface area contributed by atoms with Gasteiger partial charge < -0.3 is 0 Å². The van der Waals surface area contributed by atoms with Crippen molar-refractivity contribution >= 4 is 46.8 Å². The van der Waals surface area contributed by atoms with E-state index in [0.717, 1.165) is 4.90 Å². The highest BCUT2D eigenvalue weighted by Gasteiger charge is 2.32. The van der Waals surface area contributed by atoms with Gasteiger partial charge >= 0.3 is 0 Å². The lowest BCUT2D eigenvalue weighted by molar-refractivity contribution is -0.125. The monoisotopic (exact) mass is 280 g/mol. The molecule has 6 heteroatoms. The molecule has 2 amide bonds. The molecular weight excluding hydrogens is 272 g/mol. The Kier molecular flexibility index (Phi) is 3.45. The van der Waals surface area contributed by atoms with Crippen LogP contribution in [0.15, 0.2) is 30.0 Å². The Bertz CT molecular complexity index is 583. The number of nitrogens with zero attached hydrogens (tertiary/aromatic N) is 1. The molecule has 1 fully saturated rings. The third kappa shape index (κ3) is 2.27. The fourth-order valence-corrected chi connectivity index (χ4v) is 2.12. The third-order valence-electron chi connectivity index (χ3n) is 2.41. The molecule has 0 unspecified atom stereocenters. The Hall–Kier alpha value is -1.72. The summed E-state index contributed by atoms with van der Waals surface area (Å²) in [7, 11) is 0. The Labute approximate surface area is 114 Å². The molecular formula is C12H9ClN2O2S. The van der Waals surface area contributed by atoms with E-state index in [1.54, 1.807) is 30.3 Å². The van der Waals surface area contributed by atoms with E-state index >= 15 is 0 Å². The van der Waals surface area contributed by atoms with E-state index in [9.17, 15) is 9.59 Å². The van der Waals surface area contributed by atoms with Gasteiger partial charge in [0.25, 0.3) is 5.91 Å². The van der Waals surface area contributed by atoms with Crippen LogP contribution in [-0.4, -0.2) is 21.8 Å². The summed E-state index contributed by atoms with van der Waals surface area (Å²) in [5.74, 6) is -0.730. The normalized spacial score (nSPS) is 17.2. The first-order chi connectivity index (χ1) is 8.50. The predicted molar refractivity (Wildman–Crippen MR) is 72.7 cm³/mol. The molecule has 0 bridgehead atoms. The standard InChI is InChI=1S/C12H9ClN2O2S/c1-7(16)15-10(11(17)14-12(15)18)6-8-4-2-3-5-9(8)13/h2-6H,1H3,(H,14,17,18). The Balaban J connectivity index is 2.48. The van der Waals surface area contributed by atoms with Crippen LogP contribution < -0.4 is 5.32 Å². The van der Waals surface area contributed by atoms with Gasteiger partial charge in [0.2, 0.25) is 5.91 Å². The summed E-state index contributed by atoms with van der Waals surface area (Å²) in [6.45, 7) is 1.34. The number of amides is 2. The molecule has 0 radical (unpaired) electrons. The number of carbonyl (C=O) groups is 2. The van der Waals surface area contributed by atoms with Gasteiger partial charge in [-0.05, 0) is 29.9 Å². The number of carbonyl (C=O) groups excluding carboxylic acids is 2. The van der Waals surface area contributed by atoms with Gasteiger partial charge in [-0.15, -0.1) is 0 Å². The average molecular weight is 281 g/mol. The number of rotatable bonds is 1. The maximum absolute atomic E-state index is 11.7. The van der Waals surface area contributed by atoms with E-state index in [1.165, 1.54) is 6.92 Å². The second-order valence-electron chi connectivity index (χ2n) is 3.66. The molecule has 2 rings (SSSR count). The average Bonchev–Trinajstić information content (AvgIpc) is 2.57. The zero-order valence-electron chi connectivity index (χ0n) is 9.44. The van der Waals surface area contributed by atoms with E-state index in [2.05, 4.69) is 5.32 Å². The van der Waals surface area contributed by atoms with Crippen LogP contribution in [0.3, 0.4) is 0 Å². The molecule has 0 atom stereocenters. The quantitative estimate of drug-likeness (QED) is 0.632. The largest absolute Gasteiger partial charge is 0.297 e. The fraction of sp³-hybridized carbons (Fsp3) is 0.0833. The molecule has 1 aromatic carbocycles. The Morgan fingerprint density at radius 3 is 2.72 bits per heavy atom. The molecule has 4 nitrogen and oxygen atoms in total. The highest BCUT2D eigenvalue weighted by molar-refractivity contribution is 7.80. The van der Waals surface area contributed by atoms with Crippen LogP contribution in [0.4, 0.5) is 0 Å². The zero-order chi connectivity index (χ0) is 13.3. The second kappa shape index (κ2) is 4.88. The second-order valence-corrected chi connectivity index (χ2v) is 4.46. The molecule has 0 aliphatic carbocycles. The molecule has 1 heterocycles. The van der Waals surface area contributed by atoms with Gasteiger partial charge in [0.15, 0.2) is 5.11 Å². The first-order valence-corrected chi connectivity index (χ1v) is 5.91. The van der Waals surface area contributed by atoms with Crippen molar-refractivity contribution in [2.24, 2.45) is 0 Å². The van der Waals surface area contributed by atoms with Crippen molar-refractivity contribution < 1.29 is 9.59 Å². The summed E-state index contributed by atoms with van der Waals surface area (Å²) < 4.78 is 0. The topological polar surface area (TPSA) is 49.4 Å². The lowest BCUT2D eigenvalue weighted by atomic mass is 10.2. The SMILES string of the molecule is CC(=O)N1C(=S)NC(=O)C1=Cc1ccccc1Cl. The van der Waals surface area contributed by atoms with E-state index < -0.39 is 5.91 Å². The Morgan fingerprint density at radius 1 is 1.44 bits per heavy atom. The summed E-state index contributed by atoms with van der Waals surface area (Å²) in [5, 5.41) is 3.01. The smallest absolute Gasteiger partial charge is 0.274 e. The molecule has 1 aliphatic rings. The van der Waals surface area contributed by atoms with Crippen molar-refractivity contribution in [1.29, 1.82) is 0 Å². The van der Waals surface area contributed by atoms with Gasteiger partial charge in [0.05, 0.1) is 0 Å². The molecule has 18 heavy (non-hydrogen) atoms. The Morgan fingerprint density at radius 2 is 2.11 bits per heavy atom. The molecule has 1 saturated heterocycles. The summed E-state index contributed by atoms with van der Waals surface area (Å²) in [6.07, 6.45) is 1.54. The van der Waals surface area contributed by atoms with Crippen LogP contribution in [0.25, 0.3) is 6.08 Å². The predicted octanol–water partition coefficient (Wildman–Crippen LogP) is 1.94. The minimum Gasteiger partial charge on any atom is -0.297 e. The van der Waals surface area contributed by atoms with Crippen molar-refractivity contribution in [3.8, 4) is 0 Å². The van der Waals surface area contributed by atoms with Crippen molar-refractivity contribution in [1.82, 2.24) is 10.2 Å². The maximum atomic E-state index is 11.7. The van der Waals surface area contributed by atoms with Crippen molar-refractivity contribution in [2.45, 2.75) is 6.92 Å². The third-order valence-corrected chi connectivity index (χ3v) is 3.04. The number of halogens is 1. The molecule has 1 aliphatic heterocycles. The molecule has 1 aromatic rings. The molecule has 1 N–H and O–H groups in total. The van der Waals surface area contributed by atoms with E-state index in [0.29, 0.717) is 10.6 Å². The van der Waals surface area contributed by atoms with Crippen LogP contribution in [0.1, 0.15) is 12.5 Å². The minimum atomic E-state index is -0.407. The molecule has 0 spiro atoms. The number of hydrogen-bond acceptors (Lipinski definition) is 3. The summed E-state index contributed by atoms with van der Waals surface area (Å²) >= 11 is 10.9. The lowest BCUT2D eigenvalue weighted by Gasteiger charge is -2.12. The highest BCUT2D eigenvalue weighted by atomic mass is 35.5. The molecule has 92 valence electrons. The van der Waals surface area contributed by atoms with Crippen LogP contribution >= 0.6 is 23.8 Å². The number of benzene rings is 1. The number of hydrogen-bond donors (Lipinski definition) is 1. The zero-order valence-corrected chi connectivity index (χ0v) is 11.0. The summed E-state index contributed by atoms with van der Waals surface area (Å²) in [5.41, 5.74) is 0.834. The van der Waals surface area contributed by atoms with E-state index in [-0.39, 0.29) is 16.7 Å². The van der Waals surface area contributed by atoms with Crippen molar-refractivity contribution in [3.63, 3.8) is 0 Å². The van der Waals surface area contributed by atoms with Gasteiger partial charge in [-0.25, -0.2) is 0 Å². The maximum Gasteiger partial charge on any atom is 0.274 e. The van der Waals surface area contributed by atoms with Gasteiger partial charge in [-0.3, -0.25) is 19.8 Å². The summed E-state index contributed by atoms with van der Waals surface area (Å²) in [4.78, 5) is 24.3. The first kappa shape index (κ1) is 12.7. The first-order valence-electron chi connectivity index (χ1n) is 5.13. The fourth-order valence-electron chi connectivity index (χ4n) is 1.61. The molecule has 0 saturated carbocycles. The van der Waals surface area contributed by atoms with Gasteiger partial charge in [0, 0.05) is 11.9 Å². The van der Waals surface area contributed by atoms with E-state index in [1.807, 2.05) is 0 Å². The molecule has 0 aromatic heterocycles. The van der Waals surface area contributed by atoms with Crippen LogP contribution in [0.5, 0.6) is 0 Å². The van der Waals surface area contributed by atoms with Crippen molar-refractivity contribution in [3.05, 3.63) is 40.5 Å². The van der Waals surface area contributed by atoms with E-state index in [4.69, 9.17) is 23.8 Å². The van der Waals surface area contributed by atoms with Crippen LogP contribution in [-0.2, 0) is 9.59 Å². The summed E-state index contributed by atoms with van der Waals surface area (Å²) in [6, 6.07) is 7.04. The van der Waals surface area contributed by atoms with Crippen LogP contribution in [0, 0.1) is 0 Å². The number of thiocarbonyl (C=S) groups is 1. The lowest BCUT2D eigenvalue weighted by Crippen LogP contribution is -2.31. The highest BCUT2D eigenvalue weighted by Crippen LogP contribution is 2.22. The van der Waals surface area contributed by atoms with Crippen LogP contribution in [0.2, 0.25) is 5.02 Å². The minimum absolute atomic E-state index is 0.0887.